The van der Waals surface area contributed by atoms with Crippen molar-refractivity contribution in [3.05, 3.63) is 84.7 Å². The molecule has 0 saturated carbocycles. The molecule has 0 fully saturated rings. The van der Waals surface area contributed by atoms with E-state index in [1.165, 1.54) is 31.9 Å². The van der Waals surface area contributed by atoms with Gasteiger partial charge in [0.25, 0.3) is 0 Å². The quantitative estimate of drug-likeness (QED) is 0.127. The topological polar surface area (TPSA) is 46.5 Å². The van der Waals surface area contributed by atoms with Crippen molar-refractivity contribution >= 4 is 12.0 Å². The number of phenols is 1. The number of aromatic hydroxyl groups is 1. The van der Waals surface area contributed by atoms with Crippen LogP contribution in [0.1, 0.15) is 76.7 Å². The maximum atomic E-state index is 11.7. The fraction of sp³-hybridized carbons (Fsp3) is 0.393. The second kappa shape index (κ2) is 19.2. The monoisotopic (exact) mass is 422 g/mol. The van der Waals surface area contributed by atoms with E-state index in [0.717, 1.165) is 37.7 Å². The van der Waals surface area contributed by atoms with Gasteiger partial charge < -0.3 is 9.84 Å². The first-order chi connectivity index (χ1) is 15.2. The third kappa shape index (κ3) is 16.7. The van der Waals surface area contributed by atoms with Gasteiger partial charge >= 0.3 is 5.97 Å². The molecule has 0 amide bonds. The van der Waals surface area contributed by atoms with Crippen molar-refractivity contribution in [2.75, 3.05) is 0 Å². The summed E-state index contributed by atoms with van der Waals surface area (Å²) in [5.41, 5.74) is 0.867. The first kappa shape index (κ1) is 26.2. The predicted molar refractivity (Wildman–Crippen MR) is 132 cm³/mol. The molecule has 1 rings (SSSR count). The summed E-state index contributed by atoms with van der Waals surface area (Å²) in [6.07, 6.45) is 30.7. The molecule has 0 aliphatic rings. The highest BCUT2D eigenvalue weighted by molar-refractivity contribution is 5.70. The molecule has 0 aromatic heterocycles. The number of allylic oxidation sites excluding steroid dienone is 8. The van der Waals surface area contributed by atoms with E-state index in [9.17, 15) is 9.90 Å². The van der Waals surface area contributed by atoms with E-state index in [-0.39, 0.29) is 11.7 Å². The van der Waals surface area contributed by atoms with Gasteiger partial charge in [0, 0.05) is 6.42 Å². The largest absolute Gasteiger partial charge is 0.508 e. The molecule has 0 bridgehead atoms. The minimum Gasteiger partial charge on any atom is -0.508 e. The minimum absolute atomic E-state index is 0.214. The van der Waals surface area contributed by atoms with Crippen molar-refractivity contribution in [2.24, 2.45) is 0 Å². The third-order valence-corrected chi connectivity index (χ3v) is 4.56. The van der Waals surface area contributed by atoms with Crippen LogP contribution in [0.2, 0.25) is 0 Å². The second-order valence-corrected chi connectivity index (χ2v) is 7.36. The lowest BCUT2D eigenvalue weighted by molar-refractivity contribution is -0.138. The number of benzene rings is 1. The van der Waals surface area contributed by atoms with Crippen LogP contribution in [-0.2, 0) is 9.53 Å². The summed E-state index contributed by atoms with van der Waals surface area (Å²) in [5, 5.41) is 9.22. The molecular weight excluding hydrogens is 384 g/mol. The number of hydrogen-bond donors (Lipinski definition) is 1. The zero-order valence-electron chi connectivity index (χ0n) is 18.9. The second-order valence-electron chi connectivity index (χ2n) is 7.36. The lowest BCUT2D eigenvalue weighted by Crippen LogP contribution is -1.98. The van der Waals surface area contributed by atoms with Crippen LogP contribution in [0.4, 0.5) is 0 Å². The molecule has 0 heterocycles. The summed E-state index contributed by atoms with van der Waals surface area (Å²) in [5.74, 6) is -0.0168. The Morgan fingerprint density at radius 1 is 0.806 bits per heavy atom. The first-order valence-corrected chi connectivity index (χ1v) is 11.5. The summed E-state index contributed by atoms with van der Waals surface area (Å²) in [4.78, 5) is 11.7. The number of carbonyl (C=O) groups is 1. The summed E-state index contributed by atoms with van der Waals surface area (Å²) < 4.78 is 5.08. The van der Waals surface area contributed by atoms with Crippen molar-refractivity contribution in [3.8, 4) is 5.75 Å². The summed E-state index contributed by atoms with van der Waals surface area (Å²) in [6.45, 7) is 2.23. The molecule has 31 heavy (non-hydrogen) atoms. The van der Waals surface area contributed by atoms with Gasteiger partial charge in [-0.25, -0.2) is 0 Å². The van der Waals surface area contributed by atoms with Crippen LogP contribution in [0.3, 0.4) is 0 Å². The van der Waals surface area contributed by atoms with Gasteiger partial charge in [-0.2, -0.15) is 0 Å². The number of esters is 1. The van der Waals surface area contributed by atoms with Crippen molar-refractivity contribution in [1.29, 1.82) is 0 Å². The molecule has 3 heteroatoms. The molecule has 0 spiro atoms. The fourth-order valence-corrected chi connectivity index (χ4v) is 2.76. The molecule has 0 saturated heterocycles. The molecule has 168 valence electrons. The number of rotatable bonds is 16. The highest BCUT2D eigenvalue weighted by Crippen LogP contribution is 2.11. The van der Waals surface area contributed by atoms with E-state index in [4.69, 9.17) is 4.74 Å². The van der Waals surface area contributed by atoms with E-state index >= 15 is 0 Å². The number of unbranched alkanes of at least 4 members (excludes halogenated alkanes) is 4. The van der Waals surface area contributed by atoms with Gasteiger partial charge in [0.05, 0.1) is 6.26 Å². The normalized spacial score (nSPS) is 12.3. The molecule has 0 unspecified atom stereocenters. The van der Waals surface area contributed by atoms with Crippen LogP contribution in [0.15, 0.2) is 79.1 Å². The van der Waals surface area contributed by atoms with Gasteiger partial charge in [0.2, 0.25) is 0 Å². The standard InChI is InChI=1S/C28H38O3/c1-2-3-4-5-6-7-8-9-10-11-12-13-14-15-16-17-18-19-28(30)31-25-24-26-20-22-27(29)23-21-26/h6-7,9-10,12-13,15-16,20-25,29H,2-5,8,11,14,17-19H2,1H3/b7-6-,10-9-,13-12-,16-15-,25-24+. The summed E-state index contributed by atoms with van der Waals surface area (Å²) in [7, 11) is 0. The summed E-state index contributed by atoms with van der Waals surface area (Å²) >= 11 is 0. The van der Waals surface area contributed by atoms with Crippen molar-refractivity contribution < 1.29 is 14.6 Å². The van der Waals surface area contributed by atoms with Crippen molar-refractivity contribution in [2.45, 2.75) is 71.1 Å². The fourth-order valence-electron chi connectivity index (χ4n) is 2.76. The first-order valence-electron chi connectivity index (χ1n) is 11.5. The molecule has 0 atom stereocenters. The van der Waals surface area contributed by atoms with Gasteiger partial charge in [-0.1, -0.05) is 80.5 Å². The molecule has 0 radical (unpaired) electrons. The number of ether oxygens (including phenoxy) is 1. The molecule has 3 nitrogen and oxygen atoms in total. The van der Waals surface area contributed by atoms with Gasteiger partial charge in [-0.15, -0.1) is 0 Å². The van der Waals surface area contributed by atoms with Crippen LogP contribution in [0.5, 0.6) is 5.75 Å². The Hall–Kier alpha value is -2.81. The Labute approximate surface area is 188 Å². The smallest absolute Gasteiger partial charge is 0.310 e. The van der Waals surface area contributed by atoms with E-state index in [1.807, 2.05) is 0 Å². The van der Waals surface area contributed by atoms with Gasteiger partial charge in [-0.3, -0.25) is 4.79 Å². The molecule has 0 aliphatic carbocycles. The number of hydrogen-bond acceptors (Lipinski definition) is 3. The van der Waals surface area contributed by atoms with E-state index in [0.29, 0.717) is 6.42 Å². The maximum Gasteiger partial charge on any atom is 0.310 e. The van der Waals surface area contributed by atoms with Crippen LogP contribution in [0.25, 0.3) is 6.08 Å². The Kier molecular flexibility index (Phi) is 16.2. The Morgan fingerprint density at radius 2 is 1.35 bits per heavy atom. The number of phenolic OH excluding ortho intramolecular Hbond substituents is 1. The van der Waals surface area contributed by atoms with Gasteiger partial charge in [0.15, 0.2) is 0 Å². The Bertz CT molecular complexity index is 721. The zero-order valence-corrected chi connectivity index (χ0v) is 18.9. The van der Waals surface area contributed by atoms with Crippen LogP contribution >= 0.6 is 0 Å². The minimum atomic E-state index is -0.231. The third-order valence-electron chi connectivity index (χ3n) is 4.56. The highest BCUT2D eigenvalue weighted by atomic mass is 16.5. The molecular formula is C28H38O3. The van der Waals surface area contributed by atoms with Gasteiger partial charge in [0.1, 0.15) is 5.75 Å². The molecule has 1 aromatic rings. The SMILES string of the molecule is CCCCC/C=C\C/C=C\C/C=C\C/C=C\CCCC(=O)O/C=C/c1ccc(O)cc1. The van der Waals surface area contributed by atoms with Crippen LogP contribution in [0, 0.1) is 0 Å². The molecule has 1 aromatic carbocycles. The maximum absolute atomic E-state index is 11.7. The van der Waals surface area contributed by atoms with Gasteiger partial charge in [-0.05, 0) is 68.7 Å². The van der Waals surface area contributed by atoms with Crippen molar-refractivity contribution in [3.63, 3.8) is 0 Å². The molecule has 0 aliphatic heterocycles. The predicted octanol–water partition coefficient (Wildman–Crippen LogP) is 8.05. The lowest BCUT2D eigenvalue weighted by Gasteiger charge is -1.98. The Morgan fingerprint density at radius 3 is 1.94 bits per heavy atom. The zero-order chi connectivity index (χ0) is 22.4. The summed E-state index contributed by atoms with van der Waals surface area (Å²) in [6, 6.07) is 6.69. The molecule has 1 N–H and O–H groups in total. The highest BCUT2D eigenvalue weighted by Gasteiger charge is 1.99. The average molecular weight is 423 g/mol. The van der Waals surface area contributed by atoms with Crippen molar-refractivity contribution in [1.82, 2.24) is 0 Å². The van der Waals surface area contributed by atoms with E-state index < -0.39 is 0 Å². The lowest BCUT2D eigenvalue weighted by atomic mass is 10.2. The van der Waals surface area contributed by atoms with Crippen LogP contribution in [-0.4, -0.2) is 11.1 Å². The van der Waals surface area contributed by atoms with E-state index in [1.54, 1.807) is 30.3 Å². The Balaban J connectivity index is 1.98. The van der Waals surface area contributed by atoms with Crippen LogP contribution < -0.4 is 0 Å². The number of carbonyl (C=O) groups excluding carboxylic acids is 1. The van der Waals surface area contributed by atoms with E-state index in [2.05, 4.69) is 55.5 Å². The average Bonchev–Trinajstić information content (AvgIpc) is 2.77.